The second kappa shape index (κ2) is 9.02. The molecule has 7 nitrogen and oxygen atoms in total. The summed E-state index contributed by atoms with van der Waals surface area (Å²) in [6.45, 7) is 2.72. The van der Waals surface area contributed by atoms with E-state index in [1.807, 2.05) is 35.7 Å². The minimum Gasteiger partial charge on any atom is -0.459 e. The van der Waals surface area contributed by atoms with Gasteiger partial charge in [-0.1, -0.05) is 30.3 Å². The van der Waals surface area contributed by atoms with Crippen molar-refractivity contribution >= 4 is 23.2 Å². The second-order valence-electron chi connectivity index (χ2n) is 6.83. The van der Waals surface area contributed by atoms with Crippen molar-refractivity contribution in [3.05, 3.63) is 76.6 Å². The molecule has 1 fully saturated rings. The van der Waals surface area contributed by atoms with Gasteiger partial charge in [-0.25, -0.2) is 4.98 Å². The molecule has 3 aromatic rings. The number of aromatic nitrogens is 1. The highest BCUT2D eigenvalue weighted by molar-refractivity contribution is 7.09. The van der Waals surface area contributed by atoms with Gasteiger partial charge in [0.25, 0.3) is 5.91 Å². The highest BCUT2D eigenvalue weighted by Crippen LogP contribution is 2.23. The van der Waals surface area contributed by atoms with Crippen LogP contribution in [-0.2, 0) is 4.79 Å². The first-order valence-corrected chi connectivity index (χ1v) is 10.4. The van der Waals surface area contributed by atoms with Gasteiger partial charge < -0.3 is 14.6 Å². The van der Waals surface area contributed by atoms with Crippen LogP contribution >= 0.6 is 11.3 Å². The summed E-state index contributed by atoms with van der Waals surface area (Å²) in [6.07, 6.45) is 3.25. The van der Waals surface area contributed by atoms with E-state index < -0.39 is 0 Å². The van der Waals surface area contributed by atoms with Gasteiger partial charge in [0.05, 0.1) is 12.8 Å². The third-order valence-electron chi connectivity index (χ3n) is 4.90. The van der Waals surface area contributed by atoms with Crippen LogP contribution in [0.15, 0.2) is 64.7 Å². The first-order chi connectivity index (χ1) is 14.2. The Bertz CT molecular complexity index is 920. The quantitative estimate of drug-likeness (QED) is 0.675. The largest absolute Gasteiger partial charge is 0.459 e. The van der Waals surface area contributed by atoms with Gasteiger partial charge in [0.15, 0.2) is 5.76 Å². The number of hydrogen-bond donors (Lipinski definition) is 1. The van der Waals surface area contributed by atoms with Gasteiger partial charge in [0.2, 0.25) is 5.91 Å². The molecule has 2 amide bonds. The number of furan rings is 1. The van der Waals surface area contributed by atoms with E-state index in [0.29, 0.717) is 31.9 Å². The van der Waals surface area contributed by atoms with E-state index in [0.717, 1.165) is 10.6 Å². The lowest BCUT2D eigenvalue weighted by Crippen LogP contribution is -2.51. The summed E-state index contributed by atoms with van der Waals surface area (Å²) >= 11 is 1.52. The van der Waals surface area contributed by atoms with Crippen molar-refractivity contribution in [2.45, 2.75) is 6.04 Å². The summed E-state index contributed by atoms with van der Waals surface area (Å²) in [5, 5.41) is 5.88. The lowest BCUT2D eigenvalue weighted by molar-refractivity contribution is -0.123. The molecule has 4 rings (SSSR count). The van der Waals surface area contributed by atoms with Crippen molar-refractivity contribution in [3.8, 4) is 0 Å². The van der Waals surface area contributed by atoms with Crippen molar-refractivity contribution < 1.29 is 14.0 Å². The third kappa shape index (κ3) is 4.72. The van der Waals surface area contributed by atoms with Crippen LogP contribution in [0.2, 0.25) is 0 Å². The molecule has 1 unspecified atom stereocenters. The van der Waals surface area contributed by atoms with Crippen LogP contribution in [0.25, 0.3) is 0 Å². The third-order valence-corrected chi connectivity index (χ3v) is 5.74. The molecule has 0 spiro atoms. The van der Waals surface area contributed by atoms with Gasteiger partial charge in [-0.05, 0) is 17.7 Å². The highest BCUT2D eigenvalue weighted by Gasteiger charge is 2.26. The average Bonchev–Trinajstić information content (AvgIpc) is 3.47. The molecular formula is C21H22N4O3S. The zero-order valence-electron chi connectivity index (χ0n) is 15.9. The Morgan fingerprint density at radius 2 is 1.90 bits per heavy atom. The molecule has 150 valence electrons. The van der Waals surface area contributed by atoms with E-state index >= 15 is 0 Å². The summed E-state index contributed by atoms with van der Waals surface area (Å²) in [5.74, 6) is 0.192. The van der Waals surface area contributed by atoms with E-state index in [4.69, 9.17) is 4.42 Å². The van der Waals surface area contributed by atoms with Crippen LogP contribution in [-0.4, -0.2) is 59.3 Å². The van der Waals surface area contributed by atoms with Crippen LogP contribution in [0, 0.1) is 0 Å². The Balaban J connectivity index is 1.33. The number of rotatable bonds is 6. The summed E-state index contributed by atoms with van der Waals surface area (Å²) < 4.78 is 5.19. The lowest BCUT2D eigenvalue weighted by Gasteiger charge is -2.34. The molecule has 29 heavy (non-hydrogen) atoms. The second-order valence-corrected chi connectivity index (χ2v) is 7.75. The Hall–Kier alpha value is -2.97. The van der Waals surface area contributed by atoms with E-state index in [-0.39, 0.29) is 24.4 Å². The molecule has 1 aliphatic heterocycles. The molecule has 0 radical (unpaired) electrons. The average molecular weight is 410 g/mol. The molecule has 2 aromatic heterocycles. The molecule has 3 heterocycles. The zero-order chi connectivity index (χ0) is 20.1. The molecule has 1 N–H and O–H groups in total. The highest BCUT2D eigenvalue weighted by atomic mass is 32.1. The molecule has 0 bridgehead atoms. The number of nitrogens with one attached hydrogen (secondary N) is 1. The number of carbonyl (C=O) groups excluding carboxylic acids is 2. The Morgan fingerprint density at radius 3 is 2.55 bits per heavy atom. The fourth-order valence-electron chi connectivity index (χ4n) is 3.39. The summed E-state index contributed by atoms with van der Waals surface area (Å²) in [6, 6.07) is 13.0. The number of amides is 2. The molecule has 1 atom stereocenters. The fraction of sp³-hybridized carbons (Fsp3) is 0.286. The maximum Gasteiger partial charge on any atom is 0.289 e. The van der Waals surface area contributed by atoms with E-state index in [9.17, 15) is 9.59 Å². The van der Waals surface area contributed by atoms with Gasteiger partial charge in [-0.2, -0.15) is 0 Å². The molecule has 0 aliphatic carbocycles. The Kier molecular flexibility index (Phi) is 6.02. The van der Waals surface area contributed by atoms with Crippen LogP contribution < -0.4 is 5.32 Å². The number of piperazine rings is 1. The van der Waals surface area contributed by atoms with Gasteiger partial charge in [-0.15, -0.1) is 11.3 Å². The number of nitrogens with zero attached hydrogens (tertiary/aromatic N) is 3. The molecule has 1 saturated heterocycles. The van der Waals surface area contributed by atoms with E-state index in [1.165, 1.54) is 17.6 Å². The van der Waals surface area contributed by atoms with Gasteiger partial charge >= 0.3 is 0 Å². The molecule has 8 heteroatoms. The monoisotopic (exact) mass is 410 g/mol. The van der Waals surface area contributed by atoms with Crippen molar-refractivity contribution in [2.24, 2.45) is 0 Å². The van der Waals surface area contributed by atoms with Crippen molar-refractivity contribution in [3.63, 3.8) is 0 Å². The summed E-state index contributed by atoms with van der Waals surface area (Å²) in [7, 11) is 0. The first kappa shape index (κ1) is 19.4. The van der Waals surface area contributed by atoms with Crippen LogP contribution in [0.3, 0.4) is 0 Å². The summed E-state index contributed by atoms with van der Waals surface area (Å²) in [5.41, 5.74) is 1.00. The molecule has 1 aromatic carbocycles. The van der Waals surface area contributed by atoms with Crippen LogP contribution in [0.5, 0.6) is 0 Å². The normalized spacial score (nSPS) is 15.8. The van der Waals surface area contributed by atoms with Crippen molar-refractivity contribution in [2.75, 3.05) is 32.7 Å². The maximum absolute atomic E-state index is 12.7. The van der Waals surface area contributed by atoms with Crippen molar-refractivity contribution in [1.82, 2.24) is 20.1 Å². The lowest BCUT2D eigenvalue weighted by atomic mass is 10.1. The number of carbonyl (C=O) groups is 2. The van der Waals surface area contributed by atoms with E-state index in [2.05, 4.69) is 15.2 Å². The fourth-order valence-corrected chi connectivity index (χ4v) is 4.10. The predicted molar refractivity (Wildman–Crippen MR) is 110 cm³/mol. The number of thiazole rings is 1. The standard InChI is InChI=1S/C21H22N4O3S/c26-18(23-19(20-22-8-14-29-20)16-5-2-1-3-6-16)15-24-9-11-25(12-10-24)21(27)17-7-4-13-28-17/h1-8,13-14,19H,9-12,15H2,(H,23,26). The minimum absolute atomic E-state index is 0.0557. The molecule has 1 aliphatic rings. The predicted octanol–water partition coefficient (Wildman–Crippen LogP) is 2.40. The molecular weight excluding hydrogens is 388 g/mol. The summed E-state index contributed by atoms with van der Waals surface area (Å²) in [4.78, 5) is 33.3. The van der Waals surface area contributed by atoms with E-state index in [1.54, 1.807) is 23.2 Å². The Morgan fingerprint density at radius 1 is 1.10 bits per heavy atom. The maximum atomic E-state index is 12.7. The number of hydrogen-bond acceptors (Lipinski definition) is 6. The number of benzene rings is 1. The zero-order valence-corrected chi connectivity index (χ0v) is 16.7. The van der Waals surface area contributed by atoms with Gasteiger partial charge in [-0.3, -0.25) is 14.5 Å². The Labute approximate surface area is 173 Å². The van der Waals surface area contributed by atoms with Crippen molar-refractivity contribution in [1.29, 1.82) is 0 Å². The first-order valence-electron chi connectivity index (χ1n) is 9.49. The van der Waals surface area contributed by atoms with Gasteiger partial charge in [0, 0.05) is 37.8 Å². The smallest absolute Gasteiger partial charge is 0.289 e. The minimum atomic E-state index is -0.259. The van der Waals surface area contributed by atoms with Crippen LogP contribution in [0.1, 0.15) is 27.2 Å². The van der Waals surface area contributed by atoms with Crippen LogP contribution in [0.4, 0.5) is 0 Å². The SMILES string of the molecule is O=C(CN1CCN(C(=O)c2ccco2)CC1)NC(c1ccccc1)c1nccs1. The topological polar surface area (TPSA) is 78.7 Å². The van der Waals surface area contributed by atoms with Gasteiger partial charge in [0.1, 0.15) is 11.0 Å². The molecule has 0 saturated carbocycles.